The standard InChI is InChI=1S/C24H26O2P/c1-24(2)25-18-20(26-24)19-27(21-12-6-3-7-13-21,22-14-8-4-9-15-22)23-16-10-5-11-17-23/h3-17,20H,18-19H2,1-2H3/q+1/t20-/m0/s1. The van der Waals surface area contributed by atoms with Crippen molar-refractivity contribution in [3.05, 3.63) is 91.0 Å². The van der Waals surface area contributed by atoms with Crippen molar-refractivity contribution in [1.82, 2.24) is 0 Å². The van der Waals surface area contributed by atoms with Crippen molar-refractivity contribution in [1.29, 1.82) is 0 Å². The van der Waals surface area contributed by atoms with Gasteiger partial charge in [0.1, 0.15) is 35.4 Å². The van der Waals surface area contributed by atoms with Crippen LogP contribution < -0.4 is 15.9 Å². The molecule has 2 nitrogen and oxygen atoms in total. The van der Waals surface area contributed by atoms with Crippen LogP contribution in [0.3, 0.4) is 0 Å². The Morgan fingerprint density at radius 2 is 1.15 bits per heavy atom. The van der Waals surface area contributed by atoms with Crippen LogP contribution in [-0.2, 0) is 9.47 Å². The Morgan fingerprint density at radius 3 is 1.48 bits per heavy atom. The summed E-state index contributed by atoms with van der Waals surface area (Å²) in [5.41, 5.74) is 0. The van der Waals surface area contributed by atoms with Gasteiger partial charge in [-0.15, -0.1) is 0 Å². The monoisotopic (exact) mass is 377 g/mol. The Labute approximate surface area is 162 Å². The number of benzene rings is 3. The molecule has 1 fully saturated rings. The lowest BCUT2D eigenvalue weighted by Crippen LogP contribution is -2.38. The molecule has 0 amide bonds. The Balaban J connectivity index is 1.90. The number of hydrogen-bond acceptors (Lipinski definition) is 2. The van der Waals surface area contributed by atoms with Gasteiger partial charge in [0.05, 0.1) is 6.61 Å². The molecular weight excluding hydrogens is 351 g/mol. The predicted octanol–water partition coefficient (Wildman–Crippen LogP) is 4.13. The van der Waals surface area contributed by atoms with Crippen LogP contribution in [0.2, 0.25) is 0 Å². The van der Waals surface area contributed by atoms with E-state index in [1.807, 2.05) is 13.8 Å². The van der Waals surface area contributed by atoms with Crippen molar-refractivity contribution in [3.63, 3.8) is 0 Å². The number of rotatable bonds is 5. The fourth-order valence-electron chi connectivity index (χ4n) is 3.97. The highest BCUT2D eigenvalue weighted by atomic mass is 31.2. The van der Waals surface area contributed by atoms with E-state index < -0.39 is 13.0 Å². The lowest BCUT2D eigenvalue weighted by atomic mass is 10.3. The average Bonchev–Trinajstić information content (AvgIpc) is 3.06. The summed E-state index contributed by atoms with van der Waals surface area (Å²) in [6.45, 7) is 4.64. The molecule has 1 atom stereocenters. The quantitative estimate of drug-likeness (QED) is 0.623. The van der Waals surface area contributed by atoms with Crippen LogP contribution in [0.1, 0.15) is 13.8 Å². The molecule has 0 N–H and O–H groups in total. The number of hydrogen-bond donors (Lipinski definition) is 0. The van der Waals surface area contributed by atoms with Crippen LogP contribution in [0, 0.1) is 0 Å². The highest BCUT2D eigenvalue weighted by Gasteiger charge is 2.49. The second-order valence-corrected chi connectivity index (χ2v) is 11.0. The van der Waals surface area contributed by atoms with Crippen LogP contribution >= 0.6 is 7.26 Å². The summed E-state index contributed by atoms with van der Waals surface area (Å²) in [6, 6.07) is 32.8. The third kappa shape index (κ3) is 3.71. The average molecular weight is 377 g/mol. The minimum absolute atomic E-state index is 0.0777. The van der Waals surface area contributed by atoms with E-state index in [1.165, 1.54) is 15.9 Å². The summed E-state index contributed by atoms with van der Waals surface area (Å²) in [7, 11) is -1.86. The Hall–Kier alpha value is -1.99. The SMILES string of the molecule is CC1(C)OC[C@@H](C[P+](c2ccccc2)(c2ccccc2)c2ccccc2)O1. The first-order valence-corrected chi connectivity index (χ1v) is 11.4. The van der Waals surface area contributed by atoms with E-state index in [0.717, 1.165) is 6.16 Å². The lowest BCUT2D eigenvalue weighted by molar-refractivity contribution is -0.135. The third-order valence-corrected chi connectivity index (χ3v) is 9.63. The van der Waals surface area contributed by atoms with Gasteiger partial charge in [0.2, 0.25) is 0 Å². The summed E-state index contributed by atoms with van der Waals surface area (Å²) in [5, 5.41) is 4.15. The van der Waals surface area contributed by atoms with E-state index in [-0.39, 0.29) is 6.10 Å². The molecule has 1 heterocycles. The van der Waals surface area contributed by atoms with Crippen LogP contribution in [0.15, 0.2) is 91.0 Å². The topological polar surface area (TPSA) is 18.5 Å². The first kappa shape index (κ1) is 18.4. The van der Waals surface area contributed by atoms with Crippen LogP contribution in [-0.4, -0.2) is 24.7 Å². The smallest absolute Gasteiger partial charge is 0.163 e. The van der Waals surface area contributed by atoms with Crippen molar-refractivity contribution in [2.75, 3.05) is 12.8 Å². The molecule has 0 bridgehead atoms. The molecule has 27 heavy (non-hydrogen) atoms. The van der Waals surface area contributed by atoms with Gasteiger partial charge in [-0.1, -0.05) is 54.6 Å². The van der Waals surface area contributed by atoms with Crippen molar-refractivity contribution in [3.8, 4) is 0 Å². The summed E-state index contributed by atoms with van der Waals surface area (Å²) < 4.78 is 12.2. The zero-order valence-corrected chi connectivity index (χ0v) is 16.8. The van der Waals surface area contributed by atoms with Gasteiger partial charge in [-0.3, -0.25) is 0 Å². The molecule has 4 rings (SSSR count). The first-order chi connectivity index (χ1) is 13.1. The van der Waals surface area contributed by atoms with Gasteiger partial charge in [0.25, 0.3) is 0 Å². The molecule has 0 radical (unpaired) electrons. The van der Waals surface area contributed by atoms with Gasteiger partial charge >= 0.3 is 0 Å². The van der Waals surface area contributed by atoms with E-state index in [4.69, 9.17) is 9.47 Å². The van der Waals surface area contributed by atoms with Gasteiger partial charge in [-0.25, -0.2) is 0 Å². The van der Waals surface area contributed by atoms with Gasteiger partial charge < -0.3 is 9.47 Å². The molecule has 0 unspecified atom stereocenters. The fourth-order valence-corrected chi connectivity index (χ4v) is 8.33. The minimum atomic E-state index is -1.86. The van der Waals surface area contributed by atoms with E-state index in [1.54, 1.807) is 0 Å². The van der Waals surface area contributed by atoms with Crippen molar-refractivity contribution < 1.29 is 9.47 Å². The van der Waals surface area contributed by atoms with E-state index in [9.17, 15) is 0 Å². The molecule has 1 aliphatic heterocycles. The van der Waals surface area contributed by atoms with Crippen LogP contribution in [0.25, 0.3) is 0 Å². The predicted molar refractivity (Wildman–Crippen MR) is 115 cm³/mol. The van der Waals surface area contributed by atoms with Crippen molar-refractivity contribution >= 4 is 23.2 Å². The van der Waals surface area contributed by atoms with Crippen molar-refractivity contribution in [2.24, 2.45) is 0 Å². The molecule has 1 saturated heterocycles. The Morgan fingerprint density at radius 1 is 0.741 bits per heavy atom. The van der Waals surface area contributed by atoms with Gasteiger partial charge in [-0.2, -0.15) is 0 Å². The highest BCUT2D eigenvalue weighted by Crippen LogP contribution is 2.56. The normalized spacial score (nSPS) is 19.1. The Bertz CT molecular complexity index is 766. The summed E-state index contributed by atoms with van der Waals surface area (Å²) >= 11 is 0. The second kappa shape index (κ2) is 7.56. The highest BCUT2D eigenvalue weighted by molar-refractivity contribution is 7.95. The summed E-state index contributed by atoms with van der Waals surface area (Å²) in [4.78, 5) is 0. The van der Waals surface area contributed by atoms with Crippen molar-refractivity contribution in [2.45, 2.75) is 25.7 Å². The third-order valence-electron chi connectivity index (χ3n) is 5.14. The molecule has 0 spiro atoms. The van der Waals surface area contributed by atoms with Gasteiger partial charge in [0, 0.05) is 0 Å². The maximum absolute atomic E-state index is 6.27. The molecule has 3 aromatic rings. The molecule has 3 aromatic carbocycles. The minimum Gasteiger partial charge on any atom is -0.348 e. The van der Waals surface area contributed by atoms with Crippen LogP contribution in [0.5, 0.6) is 0 Å². The summed E-state index contributed by atoms with van der Waals surface area (Å²) in [5.74, 6) is -0.510. The van der Waals surface area contributed by atoms with E-state index in [2.05, 4.69) is 91.0 Å². The van der Waals surface area contributed by atoms with Crippen LogP contribution in [0.4, 0.5) is 0 Å². The zero-order chi connectivity index (χ0) is 18.7. The largest absolute Gasteiger partial charge is 0.348 e. The van der Waals surface area contributed by atoms with Gasteiger partial charge in [0.15, 0.2) is 5.79 Å². The molecule has 138 valence electrons. The molecule has 0 aliphatic carbocycles. The molecule has 0 aromatic heterocycles. The maximum atomic E-state index is 6.27. The molecule has 3 heteroatoms. The number of ether oxygens (including phenoxy) is 2. The zero-order valence-electron chi connectivity index (χ0n) is 15.9. The fraction of sp³-hybridized carbons (Fsp3) is 0.250. The maximum Gasteiger partial charge on any atom is 0.163 e. The van der Waals surface area contributed by atoms with E-state index in [0.29, 0.717) is 6.61 Å². The molecule has 0 saturated carbocycles. The van der Waals surface area contributed by atoms with Gasteiger partial charge in [-0.05, 0) is 50.2 Å². The first-order valence-electron chi connectivity index (χ1n) is 9.47. The second-order valence-electron chi connectivity index (χ2n) is 7.45. The van der Waals surface area contributed by atoms with E-state index >= 15 is 0 Å². The lowest BCUT2D eigenvalue weighted by Gasteiger charge is -2.29. The summed E-state index contributed by atoms with van der Waals surface area (Å²) in [6.07, 6.45) is 1.02. The molecule has 1 aliphatic rings. The molecular formula is C24H26O2P+. The Kier molecular flexibility index (Phi) is 5.14.